The lowest BCUT2D eigenvalue weighted by molar-refractivity contribution is -0.660. The SMILES string of the molecule is Cc1cc(-c2ccccc2C)[n+](C)cc1C.Cc1cc(-c2ccccc2C)[n+](C)cc1C.Cc1cc[n+](C)c(-c2ccccc2C)c1.Cc1ccc(-c2ccccc2C)[n+](C)c1.Cc1ccccc1-c1c(C)c(C)cc[n+]1C.Cc1ccccc1-c1c(C)ccc[n+]1C.Cc1ccccc1-c1cccc[n+]1C. The van der Waals surface area contributed by atoms with Gasteiger partial charge in [0.2, 0.25) is 39.9 Å². The van der Waals surface area contributed by atoms with E-state index in [1.807, 2.05) is 6.07 Å². The normalized spacial score (nSPS) is 10.4. The summed E-state index contributed by atoms with van der Waals surface area (Å²) in [6.07, 6.45) is 14.9. The second-order valence-electron chi connectivity index (χ2n) is 28.8. The molecule has 0 spiro atoms. The van der Waals surface area contributed by atoms with E-state index < -0.39 is 0 Å². The molecule has 0 saturated heterocycles. The summed E-state index contributed by atoms with van der Waals surface area (Å²) in [7, 11) is 14.7. The lowest BCUT2D eigenvalue weighted by Crippen LogP contribution is -2.31. The average Bonchev–Trinajstić information content (AvgIpc) is 0.797. The number of benzene rings is 7. The summed E-state index contributed by atoms with van der Waals surface area (Å²) in [5.74, 6) is 0. The highest BCUT2D eigenvalue weighted by atomic mass is 14.9. The maximum absolute atomic E-state index is 2.26. The van der Waals surface area contributed by atoms with Crippen LogP contribution in [0.15, 0.2) is 286 Å². The third-order valence-corrected chi connectivity index (χ3v) is 20.3. The van der Waals surface area contributed by atoms with Crippen molar-refractivity contribution in [1.82, 2.24) is 0 Å². The zero-order chi connectivity index (χ0) is 77.6. The van der Waals surface area contributed by atoms with Gasteiger partial charge in [0.25, 0.3) is 0 Å². The van der Waals surface area contributed by atoms with Crippen molar-refractivity contribution in [2.24, 2.45) is 49.3 Å². The molecule has 7 heterocycles. The van der Waals surface area contributed by atoms with Crippen LogP contribution in [0.25, 0.3) is 78.8 Å². The van der Waals surface area contributed by atoms with Crippen LogP contribution in [0.1, 0.15) is 89.0 Å². The van der Waals surface area contributed by atoms with Crippen LogP contribution in [0, 0.1) is 111 Å². The summed E-state index contributed by atoms with van der Waals surface area (Å²) in [5.41, 5.74) is 39.3. The summed E-state index contributed by atoms with van der Waals surface area (Å²) < 4.78 is 15.3. The number of aromatic nitrogens is 7. The Kier molecular flexibility index (Phi) is 29.3. The Morgan fingerprint density at radius 3 is 0.869 bits per heavy atom. The molecule has 14 aromatic rings. The average molecular weight is 1420 g/mol. The molecule has 107 heavy (non-hydrogen) atoms. The van der Waals surface area contributed by atoms with Crippen molar-refractivity contribution < 1.29 is 32.0 Å². The molecule has 0 bridgehead atoms. The van der Waals surface area contributed by atoms with E-state index in [9.17, 15) is 0 Å². The standard InChI is InChI=1S/3C15H18N.3C14H16N.C13H14N/c2*1-11-7-5-6-8-14(11)15-9-12(2)13(3)10-16(15)4;1-11-9-10-16(4)15(13(11)3)14-8-6-5-7-12(14)2;1-11-7-4-5-9-13(11)14-12(2)8-6-10-15(14)3;1-11-8-9-15(3)14(10-11)13-7-5-4-6-12(13)2;1-11-8-9-14(15(3)10-11)13-7-5-4-6-12(13)2;1-11-7-3-4-8-12(11)13-9-5-6-10-14(13)2/h3*5-10H,1-4H3;3*4-10H,1-3H3;3-10H,1-2H3/q7*+1. The first kappa shape index (κ1) is 81.3. The first-order valence-electron chi connectivity index (χ1n) is 37.3. The van der Waals surface area contributed by atoms with Crippen LogP contribution in [-0.2, 0) is 49.3 Å². The van der Waals surface area contributed by atoms with Crippen molar-refractivity contribution in [2.45, 2.75) is 111 Å². The van der Waals surface area contributed by atoms with Crippen LogP contribution < -0.4 is 32.0 Å². The minimum atomic E-state index is 1.26. The van der Waals surface area contributed by atoms with Gasteiger partial charge in [-0.25, -0.2) is 32.0 Å². The summed E-state index contributed by atoms with van der Waals surface area (Å²) in [5, 5.41) is 0. The van der Waals surface area contributed by atoms with Crippen molar-refractivity contribution in [3.8, 4) is 78.8 Å². The molecule has 0 aliphatic rings. The van der Waals surface area contributed by atoms with Crippen molar-refractivity contribution in [1.29, 1.82) is 0 Å². The second-order valence-corrected chi connectivity index (χ2v) is 28.8. The van der Waals surface area contributed by atoms with Crippen LogP contribution in [0.4, 0.5) is 0 Å². The third kappa shape index (κ3) is 21.6. The van der Waals surface area contributed by atoms with Crippen LogP contribution in [0.3, 0.4) is 0 Å². The molecule has 0 unspecified atom stereocenters. The molecule has 544 valence electrons. The molecular formula is C100H116N7+7. The van der Waals surface area contributed by atoms with Gasteiger partial charge >= 0.3 is 0 Å². The van der Waals surface area contributed by atoms with Gasteiger partial charge in [-0.1, -0.05) is 127 Å². The van der Waals surface area contributed by atoms with Gasteiger partial charge in [-0.05, 0) is 233 Å². The van der Waals surface area contributed by atoms with Crippen molar-refractivity contribution in [3.05, 3.63) is 375 Å². The number of nitrogens with zero attached hydrogens (tertiary/aromatic N) is 7. The molecule has 7 aromatic carbocycles. The topological polar surface area (TPSA) is 27.2 Å². The van der Waals surface area contributed by atoms with E-state index in [4.69, 9.17) is 0 Å². The Bertz CT molecular complexity index is 5180. The number of hydrogen-bond acceptors (Lipinski definition) is 0. The zero-order valence-corrected chi connectivity index (χ0v) is 68.3. The smallest absolute Gasteiger partial charge is 0.201 e. The molecule has 0 aliphatic carbocycles. The first-order valence-corrected chi connectivity index (χ1v) is 37.3. The minimum Gasteiger partial charge on any atom is -0.201 e. The van der Waals surface area contributed by atoms with Crippen molar-refractivity contribution >= 4 is 0 Å². The summed E-state index contributed by atoms with van der Waals surface area (Å²) in [6.45, 7) is 34.4. The minimum absolute atomic E-state index is 1.26. The number of aryl methyl sites for hydroxylation is 22. The number of hydrogen-bond donors (Lipinski definition) is 0. The van der Waals surface area contributed by atoms with E-state index in [1.165, 1.54) is 168 Å². The molecule has 0 fully saturated rings. The molecule has 14 rings (SSSR count). The monoisotopic (exact) mass is 1410 g/mol. The van der Waals surface area contributed by atoms with Crippen molar-refractivity contribution in [3.63, 3.8) is 0 Å². The van der Waals surface area contributed by atoms with Gasteiger partial charge in [0, 0.05) is 121 Å². The van der Waals surface area contributed by atoms with Crippen LogP contribution in [-0.4, -0.2) is 0 Å². The van der Waals surface area contributed by atoms with Gasteiger partial charge in [-0.2, -0.15) is 0 Å². The van der Waals surface area contributed by atoms with Gasteiger partial charge in [0.15, 0.2) is 43.4 Å². The van der Waals surface area contributed by atoms with E-state index in [2.05, 4.69) is 472 Å². The Balaban J connectivity index is 0.000000158. The largest absolute Gasteiger partial charge is 0.215 e. The first-order chi connectivity index (χ1) is 51.1. The molecule has 0 N–H and O–H groups in total. The quantitative estimate of drug-likeness (QED) is 0.142. The lowest BCUT2D eigenvalue weighted by Gasteiger charge is -2.08. The van der Waals surface area contributed by atoms with E-state index >= 15 is 0 Å². The second kappa shape index (κ2) is 38.6. The van der Waals surface area contributed by atoms with Gasteiger partial charge in [0.05, 0.1) is 0 Å². The molecule has 0 amide bonds. The molecular weight excluding hydrogens is 1300 g/mol. The zero-order valence-electron chi connectivity index (χ0n) is 68.3. The van der Waals surface area contributed by atoms with Gasteiger partial charge in [-0.15, -0.1) is 0 Å². The number of pyridine rings is 7. The maximum Gasteiger partial charge on any atom is 0.215 e. The highest BCUT2D eigenvalue weighted by Gasteiger charge is 2.20. The van der Waals surface area contributed by atoms with E-state index in [0.717, 1.165) is 0 Å². The summed E-state index contributed by atoms with van der Waals surface area (Å²) in [4.78, 5) is 0. The fraction of sp³-hybridized carbons (Fsp3) is 0.230. The van der Waals surface area contributed by atoms with Crippen LogP contribution in [0.5, 0.6) is 0 Å². The molecule has 0 aliphatic heterocycles. The molecule has 7 aromatic heterocycles. The van der Waals surface area contributed by atoms with Crippen LogP contribution >= 0.6 is 0 Å². The maximum atomic E-state index is 2.26. The molecule has 0 atom stereocenters. The highest BCUT2D eigenvalue weighted by Crippen LogP contribution is 2.28. The van der Waals surface area contributed by atoms with E-state index in [0.29, 0.717) is 0 Å². The Labute approximate surface area is 642 Å². The highest BCUT2D eigenvalue weighted by molar-refractivity contribution is 5.67. The van der Waals surface area contributed by atoms with Crippen molar-refractivity contribution in [2.75, 3.05) is 0 Å². The van der Waals surface area contributed by atoms with Gasteiger partial charge < -0.3 is 0 Å². The molecule has 0 radical (unpaired) electrons. The van der Waals surface area contributed by atoms with E-state index in [-0.39, 0.29) is 0 Å². The molecule has 7 nitrogen and oxygen atoms in total. The molecule has 7 heteroatoms. The Morgan fingerprint density at radius 2 is 0.477 bits per heavy atom. The predicted molar refractivity (Wildman–Crippen MR) is 447 cm³/mol. The summed E-state index contributed by atoms with van der Waals surface area (Å²) in [6, 6.07) is 85.4. The lowest BCUT2D eigenvalue weighted by atomic mass is 9.99. The van der Waals surface area contributed by atoms with Gasteiger partial charge in [-0.3, -0.25) is 0 Å². The molecule has 0 saturated carbocycles. The fourth-order valence-corrected chi connectivity index (χ4v) is 13.5. The van der Waals surface area contributed by atoms with Crippen LogP contribution in [0.2, 0.25) is 0 Å². The Morgan fingerprint density at radius 1 is 0.168 bits per heavy atom. The number of rotatable bonds is 7. The van der Waals surface area contributed by atoms with Gasteiger partial charge in [0.1, 0.15) is 49.3 Å². The van der Waals surface area contributed by atoms with E-state index in [1.54, 1.807) is 0 Å². The third-order valence-electron chi connectivity index (χ3n) is 20.3. The predicted octanol–water partition coefficient (Wildman–Crippen LogP) is 20.2. The Hall–Kier alpha value is -11.4. The fourth-order valence-electron chi connectivity index (χ4n) is 13.5. The summed E-state index contributed by atoms with van der Waals surface area (Å²) >= 11 is 0.